The average Bonchev–Trinajstić information content (AvgIpc) is 3.28. The molecule has 0 saturated heterocycles. The van der Waals surface area contributed by atoms with Crippen LogP contribution in [0.2, 0.25) is 0 Å². The fourth-order valence-corrected chi connectivity index (χ4v) is 2.81. The molecule has 1 aromatic carbocycles. The van der Waals surface area contributed by atoms with E-state index in [1.54, 1.807) is 21.1 Å². The molecule has 1 atom stereocenters. The van der Waals surface area contributed by atoms with Gasteiger partial charge in [0.25, 0.3) is 0 Å². The first-order chi connectivity index (χ1) is 10.3. The quantitative estimate of drug-likeness (QED) is 0.875. The second-order valence-corrected chi connectivity index (χ2v) is 6.19. The predicted molar refractivity (Wildman–Crippen MR) is 83.1 cm³/mol. The van der Waals surface area contributed by atoms with Gasteiger partial charge in [-0.25, -0.2) is 0 Å². The van der Waals surface area contributed by atoms with Crippen molar-refractivity contribution in [3.8, 4) is 5.75 Å². The van der Waals surface area contributed by atoms with Gasteiger partial charge in [0.05, 0.1) is 18.4 Å². The Bertz CT molecular complexity index is 592. The van der Waals surface area contributed by atoms with E-state index in [0.717, 1.165) is 29.7 Å². The van der Waals surface area contributed by atoms with Crippen molar-refractivity contribution in [2.24, 2.45) is 5.92 Å². The van der Waals surface area contributed by atoms with Crippen LogP contribution in [0.3, 0.4) is 0 Å². The summed E-state index contributed by atoms with van der Waals surface area (Å²) in [6.45, 7) is 3.80. The molecular weight excluding hydrogens is 282 g/mol. The zero-order chi connectivity index (χ0) is 16.5. The molecule has 5 heteroatoms. The third-order valence-corrected chi connectivity index (χ3v) is 4.44. The van der Waals surface area contributed by atoms with Crippen LogP contribution in [0.1, 0.15) is 30.9 Å². The van der Waals surface area contributed by atoms with Crippen molar-refractivity contribution >= 4 is 11.9 Å². The van der Waals surface area contributed by atoms with E-state index < -0.39 is 17.3 Å². The van der Waals surface area contributed by atoms with E-state index in [1.807, 2.05) is 25.1 Å². The van der Waals surface area contributed by atoms with Crippen molar-refractivity contribution < 1.29 is 19.4 Å². The molecule has 120 valence electrons. The Morgan fingerprint density at radius 2 is 2.05 bits per heavy atom. The molecule has 1 aliphatic carbocycles. The minimum Gasteiger partial charge on any atom is -0.496 e. The number of amides is 1. The van der Waals surface area contributed by atoms with Crippen LogP contribution in [0.25, 0.3) is 0 Å². The Labute approximate surface area is 130 Å². The van der Waals surface area contributed by atoms with E-state index in [4.69, 9.17) is 9.84 Å². The maximum atomic E-state index is 12.8. The molecule has 0 bridgehead atoms. The topological polar surface area (TPSA) is 66.8 Å². The van der Waals surface area contributed by atoms with Gasteiger partial charge in [0, 0.05) is 13.6 Å². The lowest BCUT2D eigenvalue weighted by atomic mass is 9.93. The van der Waals surface area contributed by atoms with Crippen molar-refractivity contribution in [2.75, 3.05) is 20.7 Å². The van der Waals surface area contributed by atoms with E-state index in [9.17, 15) is 9.59 Å². The number of benzene rings is 1. The Morgan fingerprint density at radius 3 is 2.55 bits per heavy atom. The van der Waals surface area contributed by atoms with Gasteiger partial charge >= 0.3 is 5.97 Å². The van der Waals surface area contributed by atoms with Gasteiger partial charge in [-0.2, -0.15) is 0 Å². The fourth-order valence-electron chi connectivity index (χ4n) is 2.81. The van der Waals surface area contributed by atoms with Gasteiger partial charge in [0.15, 0.2) is 0 Å². The van der Waals surface area contributed by atoms with Crippen molar-refractivity contribution in [1.82, 2.24) is 4.90 Å². The van der Waals surface area contributed by atoms with Gasteiger partial charge < -0.3 is 14.7 Å². The second-order valence-electron chi connectivity index (χ2n) is 6.19. The summed E-state index contributed by atoms with van der Waals surface area (Å²) in [7, 11) is 3.29. The molecular formula is C17H23NO4. The summed E-state index contributed by atoms with van der Waals surface area (Å²) in [4.78, 5) is 25.3. The van der Waals surface area contributed by atoms with E-state index >= 15 is 0 Å². The maximum absolute atomic E-state index is 12.8. The van der Waals surface area contributed by atoms with Crippen LogP contribution in [0.15, 0.2) is 18.2 Å². The van der Waals surface area contributed by atoms with E-state index in [0.29, 0.717) is 0 Å². The number of hydrogen-bond acceptors (Lipinski definition) is 3. The number of hydrogen-bond donors (Lipinski definition) is 1. The first-order valence-electron chi connectivity index (χ1n) is 7.45. The second kappa shape index (κ2) is 5.99. The highest BCUT2D eigenvalue weighted by atomic mass is 16.5. The van der Waals surface area contributed by atoms with Gasteiger partial charge in [-0.15, -0.1) is 0 Å². The maximum Gasteiger partial charge on any atom is 0.308 e. The number of carbonyl (C=O) groups excluding carboxylic acids is 1. The molecule has 0 heterocycles. The molecule has 1 aliphatic rings. The van der Waals surface area contributed by atoms with Crippen LogP contribution in [-0.4, -0.2) is 42.6 Å². The highest BCUT2D eigenvalue weighted by Crippen LogP contribution is 2.50. The summed E-state index contributed by atoms with van der Waals surface area (Å²) >= 11 is 0. The number of likely N-dealkylation sites (N-methyl/N-ethyl adjacent to an activating group) is 1. The highest BCUT2D eigenvalue weighted by Gasteiger charge is 2.52. The van der Waals surface area contributed by atoms with Crippen molar-refractivity contribution in [3.05, 3.63) is 29.3 Å². The van der Waals surface area contributed by atoms with Crippen molar-refractivity contribution in [2.45, 2.75) is 32.1 Å². The third-order valence-electron chi connectivity index (χ3n) is 4.44. The zero-order valence-corrected chi connectivity index (χ0v) is 13.5. The Balaban J connectivity index is 2.20. The van der Waals surface area contributed by atoms with Crippen LogP contribution in [-0.2, 0) is 15.0 Å². The molecule has 1 amide bonds. The summed E-state index contributed by atoms with van der Waals surface area (Å²) in [6.07, 6.45) is 1.59. The molecule has 0 aromatic heterocycles. The van der Waals surface area contributed by atoms with E-state index in [-0.39, 0.29) is 12.5 Å². The van der Waals surface area contributed by atoms with Crippen molar-refractivity contribution in [3.63, 3.8) is 0 Å². The van der Waals surface area contributed by atoms with Gasteiger partial charge in [0.2, 0.25) is 5.91 Å². The average molecular weight is 305 g/mol. The van der Waals surface area contributed by atoms with Crippen molar-refractivity contribution in [1.29, 1.82) is 0 Å². The third kappa shape index (κ3) is 2.93. The van der Waals surface area contributed by atoms with E-state index in [2.05, 4.69) is 0 Å². The fraction of sp³-hybridized carbons (Fsp3) is 0.529. The van der Waals surface area contributed by atoms with Crippen LogP contribution >= 0.6 is 0 Å². The molecule has 5 nitrogen and oxygen atoms in total. The number of ether oxygens (including phenoxy) is 1. The monoisotopic (exact) mass is 305 g/mol. The molecule has 1 saturated carbocycles. The molecule has 1 aromatic rings. The number of nitrogens with zero attached hydrogens (tertiary/aromatic N) is 1. The van der Waals surface area contributed by atoms with E-state index in [1.165, 1.54) is 4.90 Å². The summed E-state index contributed by atoms with van der Waals surface area (Å²) in [5, 5.41) is 8.99. The number of aliphatic carboxylic acids is 1. The summed E-state index contributed by atoms with van der Waals surface area (Å²) in [5.74, 6) is -0.691. The minimum atomic E-state index is -0.887. The molecule has 22 heavy (non-hydrogen) atoms. The Morgan fingerprint density at radius 1 is 1.41 bits per heavy atom. The Hall–Kier alpha value is -2.04. The molecule has 0 aliphatic heterocycles. The molecule has 0 radical (unpaired) electrons. The number of carboxylic acids is 1. The minimum absolute atomic E-state index is 0.00786. The standard InChI is InChI=1S/C17H23NO4/c1-11-5-6-13(9-14(11)22-4)17(7-8-17)16(21)18(3)10-12(2)15(19)20/h5-6,9,12H,7-8,10H2,1-4H3,(H,19,20). The zero-order valence-electron chi connectivity index (χ0n) is 13.5. The number of rotatable bonds is 6. The number of methoxy groups -OCH3 is 1. The van der Waals surface area contributed by atoms with Crippen LogP contribution in [0, 0.1) is 12.8 Å². The summed E-state index contributed by atoms with van der Waals surface area (Å²) < 4.78 is 5.34. The van der Waals surface area contributed by atoms with Gasteiger partial charge in [-0.05, 0) is 37.0 Å². The predicted octanol–water partition coefficient (Wildman–Crippen LogP) is 2.21. The number of carboxylic acid groups (broad SMARTS) is 1. The summed E-state index contributed by atoms with van der Waals surface area (Å²) in [5.41, 5.74) is 1.48. The van der Waals surface area contributed by atoms with Gasteiger partial charge in [0.1, 0.15) is 5.75 Å². The first-order valence-corrected chi connectivity index (χ1v) is 7.45. The largest absolute Gasteiger partial charge is 0.496 e. The highest BCUT2D eigenvalue weighted by molar-refractivity contribution is 5.91. The summed E-state index contributed by atoms with van der Waals surface area (Å²) in [6, 6.07) is 5.85. The molecule has 1 fully saturated rings. The lowest BCUT2D eigenvalue weighted by molar-refractivity contribution is -0.143. The smallest absolute Gasteiger partial charge is 0.308 e. The lowest BCUT2D eigenvalue weighted by Gasteiger charge is -2.25. The normalized spacial score (nSPS) is 16.7. The molecule has 1 unspecified atom stereocenters. The Kier molecular flexibility index (Phi) is 4.44. The molecule has 0 spiro atoms. The van der Waals surface area contributed by atoms with Crippen LogP contribution in [0.4, 0.5) is 0 Å². The SMILES string of the molecule is COc1cc(C2(C(=O)N(C)CC(C)C(=O)O)CC2)ccc1C. The van der Waals surface area contributed by atoms with Gasteiger partial charge in [-0.1, -0.05) is 19.1 Å². The molecule has 1 N–H and O–H groups in total. The lowest BCUT2D eigenvalue weighted by Crippen LogP contribution is -2.40. The number of aryl methyl sites for hydroxylation is 1. The van der Waals surface area contributed by atoms with Crippen LogP contribution < -0.4 is 4.74 Å². The van der Waals surface area contributed by atoms with Gasteiger partial charge in [-0.3, -0.25) is 9.59 Å². The first kappa shape index (κ1) is 16.3. The molecule has 2 rings (SSSR count). The van der Waals surface area contributed by atoms with Crippen LogP contribution in [0.5, 0.6) is 5.75 Å². The number of carbonyl (C=O) groups is 2.